The number of benzene rings is 2. The minimum absolute atomic E-state index is 0.172. The number of piperidine rings is 1. The molecule has 0 atom stereocenters. The molecule has 1 saturated heterocycles. The van der Waals surface area contributed by atoms with E-state index < -0.39 is 0 Å². The predicted molar refractivity (Wildman–Crippen MR) is 132 cm³/mol. The van der Waals surface area contributed by atoms with Crippen LogP contribution in [0.25, 0.3) is 5.57 Å². The molecule has 164 valence electrons. The van der Waals surface area contributed by atoms with Crippen molar-refractivity contribution in [3.05, 3.63) is 99.0 Å². The predicted octanol–water partition coefficient (Wildman–Crippen LogP) is 4.80. The van der Waals surface area contributed by atoms with Crippen molar-refractivity contribution in [3.8, 4) is 0 Å². The molecule has 5 heteroatoms. The molecule has 1 aromatic heterocycles. The number of rotatable bonds is 5. The monoisotopic (exact) mass is 443 g/mol. The molecule has 0 unspecified atom stereocenters. The van der Waals surface area contributed by atoms with Gasteiger partial charge >= 0.3 is 0 Å². The molecule has 2 aliphatic heterocycles. The third-order valence-electron chi connectivity index (χ3n) is 6.60. The van der Waals surface area contributed by atoms with E-state index in [1.54, 1.807) is 11.8 Å². The van der Waals surface area contributed by atoms with E-state index in [4.69, 9.17) is 0 Å². The van der Waals surface area contributed by atoms with E-state index in [2.05, 4.69) is 70.5 Å². The Labute approximate surface area is 194 Å². The first-order chi connectivity index (χ1) is 15.7. The lowest BCUT2D eigenvalue weighted by Crippen LogP contribution is -2.35. The number of fused-ring (bicyclic) bond motifs is 1. The van der Waals surface area contributed by atoms with Gasteiger partial charge in [0, 0.05) is 43.2 Å². The van der Waals surface area contributed by atoms with E-state index in [9.17, 15) is 4.79 Å². The second-order valence-corrected chi connectivity index (χ2v) is 9.63. The van der Waals surface area contributed by atoms with E-state index in [-0.39, 0.29) is 5.56 Å². The highest BCUT2D eigenvalue weighted by molar-refractivity contribution is 7.99. The Morgan fingerprint density at radius 3 is 2.19 bits per heavy atom. The summed E-state index contributed by atoms with van der Waals surface area (Å²) in [4.78, 5) is 20.1. The van der Waals surface area contributed by atoms with Gasteiger partial charge in [-0.3, -0.25) is 9.36 Å². The summed E-state index contributed by atoms with van der Waals surface area (Å²) in [5, 5.41) is 0.887. The molecule has 0 radical (unpaired) electrons. The van der Waals surface area contributed by atoms with Crippen LogP contribution in [0.3, 0.4) is 0 Å². The number of aromatic nitrogens is 2. The molecule has 4 nitrogen and oxygen atoms in total. The second-order valence-electron chi connectivity index (χ2n) is 8.57. The Balaban J connectivity index is 1.31. The number of likely N-dealkylation sites (tertiary alicyclic amines) is 1. The van der Waals surface area contributed by atoms with Gasteiger partial charge in [0.15, 0.2) is 5.16 Å². The third kappa shape index (κ3) is 4.32. The number of hydrogen-bond acceptors (Lipinski definition) is 4. The Kier molecular flexibility index (Phi) is 6.28. The average molecular weight is 444 g/mol. The van der Waals surface area contributed by atoms with E-state index in [0.717, 1.165) is 67.6 Å². The summed E-state index contributed by atoms with van der Waals surface area (Å²) in [6.07, 6.45) is 2.91. The molecule has 2 aliphatic rings. The van der Waals surface area contributed by atoms with Crippen LogP contribution < -0.4 is 5.56 Å². The Morgan fingerprint density at radius 1 is 0.938 bits per heavy atom. The summed E-state index contributed by atoms with van der Waals surface area (Å²) in [6, 6.07) is 21.5. The van der Waals surface area contributed by atoms with Crippen LogP contribution in [0.4, 0.5) is 0 Å². The number of aryl methyl sites for hydroxylation is 1. The molecule has 3 heterocycles. The molecule has 5 rings (SSSR count). The zero-order chi connectivity index (χ0) is 21.9. The zero-order valence-corrected chi connectivity index (χ0v) is 19.4. The summed E-state index contributed by atoms with van der Waals surface area (Å²) in [5.74, 6) is 0.956. The van der Waals surface area contributed by atoms with E-state index in [1.165, 1.54) is 22.3 Å². The summed E-state index contributed by atoms with van der Waals surface area (Å²) >= 11 is 1.69. The Bertz CT molecular complexity index is 1130. The first kappa shape index (κ1) is 21.2. The molecule has 0 saturated carbocycles. The van der Waals surface area contributed by atoms with Gasteiger partial charge in [-0.25, -0.2) is 4.98 Å². The van der Waals surface area contributed by atoms with Gasteiger partial charge in [-0.1, -0.05) is 78.0 Å². The topological polar surface area (TPSA) is 38.1 Å². The third-order valence-corrected chi connectivity index (χ3v) is 7.55. The van der Waals surface area contributed by atoms with Gasteiger partial charge in [0.1, 0.15) is 0 Å². The minimum atomic E-state index is 0.172. The van der Waals surface area contributed by atoms with Crippen LogP contribution in [-0.2, 0) is 13.0 Å². The van der Waals surface area contributed by atoms with Crippen molar-refractivity contribution in [2.75, 3.05) is 25.4 Å². The average Bonchev–Trinajstić information content (AvgIpc) is 3.30. The van der Waals surface area contributed by atoms with Gasteiger partial charge in [0.25, 0.3) is 5.56 Å². The van der Waals surface area contributed by atoms with Crippen molar-refractivity contribution in [2.24, 2.45) is 0 Å². The maximum atomic E-state index is 12.9. The lowest BCUT2D eigenvalue weighted by atomic mass is 9.88. The van der Waals surface area contributed by atoms with Gasteiger partial charge < -0.3 is 4.90 Å². The standard InChI is InChI=1S/C27H29N3OS/c1-20-24(26(31)30-18-19-32-27(30)28-20)14-17-29-15-12-23(13-16-29)25(21-8-4-2-5-9-21)22-10-6-3-7-11-22/h2-11H,12-19H2,1H3. The van der Waals surface area contributed by atoms with Crippen LogP contribution in [0.5, 0.6) is 0 Å². The first-order valence-corrected chi connectivity index (χ1v) is 12.5. The lowest BCUT2D eigenvalue weighted by molar-refractivity contribution is 0.259. The molecular formula is C27H29N3OS. The van der Waals surface area contributed by atoms with Crippen LogP contribution in [0.1, 0.15) is 35.2 Å². The van der Waals surface area contributed by atoms with Crippen molar-refractivity contribution in [1.29, 1.82) is 0 Å². The van der Waals surface area contributed by atoms with E-state index >= 15 is 0 Å². The van der Waals surface area contributed by atoms with Gasteiger partial charge in [-0.2, -0.15) is 0 Å². The largest absolute Gasteiger partial charge is 0.302 e. The van der Waals surface area contributed by atoms with Crippen molar-refractivity contribution in [2.45, 2.75) is 37.9 Å². The summed E-state index contributed by atoms with van der Waals surface area (Å²) in [7, 11) is 0. The molecule has 3 aromatic rings. The highest BCUT2D eigenvalue weighted by Gasteiger charge is 2.22. The second kappa shape index (κ2) is 9.47. The van der Waals surface area contributed by atoms with Crippen molar-refractivity contribution < 1.29 is 0 Å². The van der Waals surface area contributed by atoms with Crippen molar-refractivity contribution in [1.82, 2.24) is 14.5 Å². The van der Waals surface area contributed by atoms with Gasteiger partial charge in [0.2, 0.25) is 0 Å². The molecule has 0 aliphatic carbocycles. The maximum absolute atomic E-state index is 12.9. The number of hydrogen-bond donors (Lipinski definition) is 0. The molecule has 1 fully saturated rings. The molecule has 0 spiro atoms. The SMILES string of the molecule is Cc1nc2n(c(=O)c1CCN1CCC(=C(c3ccccc3)c3ccccc3)CC1)CCS2. The van der Waals surface area contributed by atoms with Crippen LogP contribution in [0.2, 0.25) is 0 Å². The lowest BCUT2D eigenvalue weighted by Gasteiger charge is -2.30. The smallest absolute Gasteiger partial charge is 0.257 e. The fourth-order valence-electron chi connectivity index (χ4n) is 4.85. The van der Waals surface area contributed by atoms with Crippen LogP contribution in [0, 0.1) is 6.92 Å². The van der Waals surface area contributed by atoms with Gasteiger partial charge in [0.05, 0.1) is 0 Å². The summed E-state index contributed by atoms with van der Waals surface area (Å²) in [5.41, 5.74) is 7.49. The summed E-state index contributed by atoms with van der Waals surface area (Å²) in [6.45, 7) is 5.77. The van der Waals surface area contributed by atoms with Crippen LogP contribution in [-0.4, -0.2) is 39.8 Å². The van der Waals surface area contributed by atoms with Gasteiger partial charge in [-0.15, -0.1) is 0 Å². The zero-order valence-electron chi connectivity index (χ0n) is 18.6. The highest BCUT2D eigenvalue weighted by Crippen LogP contribution is 2.32. The van der Waals surface area contributed by atoms with Crippen LogP contribution in [0.15, 0.2) is 76.2 Å². The Morgan fingerprint density at radius 2 is 1.56 bits per heavy atom. The molecule has 2 aromatic carbocycles. The molecule has 0 N–H and O–H groups in total. The van der Waals surface area contributed by atoms with E-state index in [1.807, 2.05) is 11.5 Å². The number of nitrogens with zero attached hydrogens (tertiary/aromatic N) is 3. The van der Waals surface area contributed by atoms with Crippen molar-refractivity contribution in [3.63, 3.8) is 0 Å². The van der Waals surface area contributed by atoms with E-state index in [0.29, 0.717) is 0 Å². The molecule has 32 heavy (non-hydrogen) atoms. The normalized spacial score (nSPS) is 16.2. The molecule has 0 amide bonds. The fraction of sp³-hybridized carbons (Fsp3) is 0.333. The number of thioether (sulfide) groups is 1. The van der Waals surface area contributed by atoms with Crippen LogP contribution >= 0.6 is 11.8 Å². The Hall–Kier alpha value is -2.63. The van der Waals surface area contributed by atoms with Crippen molar-refractivity contribution >= 4 is 17.3 Å². The fourth-order valence-corrected chi connectivity index (χ4v) is 5.84. The minimum Gasteiger partial charge on any atom is -0.302 e. The van der Waals surface area contributed by atoms with Gasteiger partial charge in [-0.05, 0) is 42.9 Å². The first-order valence-electron chi connectivity index (χ1n) is 11.5. The molecular weight excluding hydrogens is 414 g/mol. The summed E-state index contributed by atoms with van der Waals surface area (Å²) < 4.78 is 1.86. The maximum Gasteiger partial charge on any atom is 0.257 e. The molecule has 0 bridgehead atoms. The quantitative estimate of drug-likeness (QED) is 0.531. The highest BCUT2D eigenvalue weighted by atomic mass is 32.2.